The number of hydrogen-bond donors (Lipinski definition) is 4. The van der Waals surface area contributed by atoms with Gasteiger partial charge in [0, 0.05) is 13.0 Å². The summed E-state index contributed by atoms with van der Waals surface area (Å²) in [6, 6.07) is 6.43. The van der Waals surface area contributed by atoms with Gasteiger partial charge < -0.3 is 40.4 Å². The Hall–Kier alpha value is -3.91. The van der Waals surface area contributed by atoms with Crippen LogP contribution in [0.15, 0.2) is 24.3 Å². The quantitative estimate of drug-likeness (QED) is 0.0746. The van der Waals surface area contributed by atoms with Gasteiger partial charge in [0.1, 0.15) is 29.4 Å². The first-order valence-electron chi connectivity index (χ1n) is 16.0. The molecule has 2 saturated heterocycles. The topological polar surface area (TPSA) is 208 Å². The number of ether oxygens (including phenoxy) is 4. The third kappa shape index (κ3) is 9.80. The van der Waals surface area contributed by atoms with E-state index in [1.807, 2.05) is 4.90 Å². The lowest BCUT2D eigenvalue weighted by Crippen LogP contribution is -2.65. The number of carbonyl (C=O) groups excluding carboxylic acids is 3. The largest absolute Gasteiger partial charge is 0.490 e. The number of hydrogen-bond acceptors (Lipinski definition) is 11. The Labute approximate surface area is 276 Å². The van der Waals surface area contributed by atoms with Crippen LogP contribution < -0.4 is 16.2 Å². The van der Waals surface area contributed by atoms with E-state index in [2.05, 4.69) is 0 Å². The van der Waals surface area contributed by atoms with E-state index in [4.69, 9.17) is 35.8 Å². The van der Waals surface area contributed by atoms with Gasteiger partial charge in [-0.05, 0) is 98.0 Å². The predicted octanol–water partition coefficient (Wildman–Crippen LogP) is 2.84. The first kappa shape index (κ1) is 37.5. The SMILES string of the molecule is CC(C)(C)OC(=O)C(N)(Cc1ccc(OCC2CN(CCCC(C(=N)N)(C(=O)OC(C)(C)C)N3CCCCC3)C(=O)O2)cc1)C(=O)O. The lowest BCUT2D eigenvalue weighted by Gasteiger charge is -2.44. The van der Waals surface area contributed by atoms with Crippen molar-refractivity contribution in [2.45, 2.75) is 108 Å². The molecule has 2 aliphatic rings. The van der Waals surface area contributed by atoms with Crippen LogP contribution in [0.2, 0.25) is 0 Å². The number of rotatable bonds is 14. The van der Waals surface area contributed by atoms with E-state index in [0.717, 1.165) is 19.3 Å². The number of nitrogens with two attached hydrogens (primary N) is 2. The Kier molecular flexibility index (Phi) is 11.9. The van der Waals surface area contributed by atoms with Crippen molar-refractivity contribution in [2.75, 3.05) is 32.8 Å². The van der Waals surface area contributed by atoms with Crippen LogP contribution >= 0.6 is 0 Å². The molecule has 14 nitrogen and oxygen atoms in total. The lowest BCUT2D eigenvalue weighted by molar-refractivity contribution is -0.169. The minimum atomic E-state index is -2.26. The summed E-state index contributed by atoms with van der Waals surface area (Å²) in [5, 5.41) is 18.1. The number of esters is 2. The zero-order chi connectivity index (χ0) is 35.2. The average Bonchev–Trinajstić information content (AvgIpc) is 3.32. The van der Waals surface area contributed by atoms with Crippen molar-refractivity contribution < 1.29 is 43.2 Å². The minimum Gasteiger partial charge on any atom is -0.490 e. The van der Waals surface area contributed by atoms with Crippen molar-refractivity contribution in [2.24, 2.45) is 11.5 Å². The molecule has 0 radical (unpaired) electrons. The van der Waals surface area contributed by atoms with E-state index >= 15 is 0 Å². The fraction of sp³-hybridized carbons (Fsp3) is 0.667. The smallest absolute Gasteiger partial charge is 0.410 e. The molecule has 1 aromatic rings. The van der Waals surface area contributed by atoms with Crippen molar-refractivity contribution >= 4 is 29.8 Å². The van der Waals surface area contributed by atoms with Gasteiger partial charge in [-0.15, -0.1) is 0 Å². The van der Waals surface area contributed by atoms with Crippen molar-refractivity contribution in [3.8, 4) is 5.75 Å². The highest BCUT2D eigenvalue weighted by Gasteiger charge is 2.50. The highest BCUT2D eigenvalue weighted by Crippen LogP contribution is 2.30. The molecule has 3 rings (SSSR count). The van der Waals surface area contributed by atoms with Gasteiger partial charge in [0.25, 0.3) is 0 Å². The zero-order valence-corrected chi connectivity index (χ0v) is 28.4. The number of cyclic esters (lactones) is 1. The number of likely N-dealkylation sites (tertiary alicyclic amines) is 1. The van der Waals surface area contributed by atoms with Gasteiger partial charge in [-0.2, -0.15) is 0 Å². The normalized spacial score (nSPS) is 20.0. The third-order valence-electron chi connectivity index (χ3n) is 7.98. The molecule has 6 N–H and O–H groups in total. The van der Waals surface area contributed by atoms with E-state index < -0.39 is 52.4 Å². The second-order valence-corrected chi connectivity index (χ2v) is 14.3. The highest BCUT2D eigenvalue weighted by atomic mass is 16.6. The Morgan fingerprint density at radius 3 is 2.09 bits per heavy atom. The van der Waals surface area contributed by atoms with E-state index in [1.54, 1.807) is 65.8 Å². The summed E-state index contributed by atoms with van der Waals surface area (Å²) in [6.45, 7) is 12.1. The van der Waals surface area contributed by atoms with Gasteiger partial charge in [-0.25, -0.2) is 19.2 Å². The predicted molar refractivity (Wildman–Crippen MR) is 173 cm³/mol. The lowest BCUT2D eigenvalue weighted by atomic mass is 9.87. The minimum absolute atomic E-state index is 0.0680. The summed E-state index contributed by atoms with van der Waals surface area (Å²) in [5.74, 6) is -2.90. The van der Waals surface area contributed by atoms with Crippen LogP contribution in [0.3, 0.4) is 0 Å². The number of aliphatic carboxylic acids is 1. The molecule has 0 spiro atoms. The summed E-state index contributed by atoms with van der Waals surface area (Å²) >= 11 is 0. The van der Waals surface area contributed by atoms with E-state index in [-0.39, 0.29) is 38.4 Å². The molecule has 2 fully saturated rings. The van der Waals surface area contributed by atoms with Gasteiger partial charge in [-0.3, -0.25) is 10.3 Å². The van der Waals surface area contributed by atoms with Crippen molar-refractivity contribution in [1.82, 2.24) is 9.80 Å². The summed E-state index contributed by atoms with van der Waals surface area (Å²) < 4.78 is 22.3. The molecule has 14 heteroatoms. The van der Waals surface area contributed by atoms with Gasteiger partial charge >= 0.3 is 24.0 Å². The van der Waals surface area contributed by atoms with Crippen LogP contribution in [0, 0.1) is 5.41 Å². The zero-order valence-electron chi connectivity index (χ0n) is 28.4. The van der Waals surface area contributed by atoms with Gasteiger partial charge in [0.2, 0.25) is 5.54 Å². The molecule has 0 aromatic heterocycles. The molecule has 2 heterocycles. The maximum absolute atomic E-state index is 13.5. The molecule has 3 atom stereocenters. The van der Waals surface area contributed by atoms with Gasteiger partial charge in [0.15, 0.2) is 11.6 Å². The number of nitrogens with one attached hydrogen (secondary N) is 1. The fourth-order valence-electron chi connectivity index (χ4n) is 5.63. The van der Waals surface area contributed by atoms with Crippen LogP contribution in [0.1, 0.15) is 79.2 Å². The third-order valence-corrected chi connectivity index (χ3v) is 7.98. The summed E-state index contributed by atoms with van der Waals surface area (Å²) in [4.78, 5) is 54.1. The molecule has 2 aliphatic heterocycles. The molecule has 262 valence electrons. The van der Waals surface area contributed by atoms with E-state index in [0.29, 0.717) is 30.8 Å². The number of carboxylic acid groups (broad SMARTS) is 1. The highest BCUT2D eigenvalue weighted by molar-refractivity contribution is 6.08. The Morgan fingerprint density at radius 2 is 1.55 bits per heavy atom. The first-order valence-corrected chi connectivity index (χ1v) is 16.0. The standard InChI is InChI=1S/C33H51N5O9/c1-30(2,3)46-27(41)32(36,26(39)40)19-22-11-13-23(14-12-22)44-21-24-20-37(29(43)45-24)16-10-15-33(25(34)35,28(42)47-31(4,5)6)38-17-8-7-9-18-38/h11-14,24H,7-10,15-21,36H2,1-6H3,(H3,34,35)(H,39,40). The summed E-state index contributed by atoms with van der Waals surface area (Å²) in [6.07, 6.45) is 2.08. The molecule has 1 amide bonds. The van der Waals surface area contributed by atoms with E-state index in [1.165, 1.54) is 4.90 Å². The molecule has 47 heavy (non-hydrogen) atoms. The number of benzene rings is 1. The number of carboxylic acids is 1. The molecule has 3 unspecified atom stereocenters. The van der Waals surface area contributed by atoms with Crippen LogP contribution in [0.4, 0.5) is 4.79 Å². The summed E-state index contributed by atoms with van der Waals surface area (Å²) in [7, 11) is 0. The number of piperidine rings is 1. The number of carbonyl (C=O) groups is 4. The number of amides is 1. The monoisotopic (exact) mass is 661 g/mol. The molecular formula is C33H51N5O9. The van der Waals surface area contributed by atoms with Crippen LogP contribution in [0.5, 0.6) is 5.75 Å². The second kappa shape index (κ2) is 14.9. The Bertz CT molecular complexity index is 1300. The van der Waals surface area contributed by atoms with Crippen LogP contribution in [-0.2, 0) is 35.0 Å². The van der Waals surface area contributed by atoms with Gasteiger partial charge in [0.05, 0.1) is 6.54 Å². The summed E-state index contributed by atoms with van der Waals surface area (Å²) in [5.41, 5.74) is 7.25. The van der Waals surface area contributed by atoms with Gasteiger partial charge in [-0.1, -0.05) is 18.6 Å². The van der Waals surface area contributed by atoms with E-state index in [9.17, 15) is 24.3 Å². The fourth-order valence-corrected chi connectivity index (χ4v) is 5.63. The molecule has 0 bridgehead atoms. The first-order chi connectivity index (χ1) is 21.8. The Morgan fingerprint density at radius 1 is 0.979 bits per heavy atom. The van der Waals surface area contributed by atoms with Crippen molar-refractivity contribution in [3.05, 3.63) is 29.8 Å². The van der Waals surface area contributed by atoms with Crippen LogP contribution in [0.25, 0.3) is 0 Å². The maximum Gasteiger partial charge on any atom is 0.410 e. The van der Waals surface area contributed by atoms with Crippen LogP contribution in [-0.4, -0.2) is 106 Å². The average molecular weight is 662 g/mol. The molecule has 0 saturated carbocycles. The molecule has 0 aliphatic carbocycles. The molecular weight excluding hydrogens is 610 g/mol. The van der Waals surface area contributed by atoms with Crippen molar-refractivity contribution in [1.29, 1.82) is 5.41 Å². The molecule has 1 aromatic carbocycles. The second-order valence-electron chi connectivity index (χ2n) is 14.3. The number of nitrogens with zero attached hydrogens (tertiary/aromatic N) is 2. The van der Waals surface area contributed by atoms with Crippen molar-refractivity contribution in [3.63, 3.8) is 0 Å². The Balaban J connectivity index is 1.57. The maximum atomic E-state index is 13.5. The number of amidine groups is 1.